The molecule has 0 saturated carbocycles. The zero-order valence-corrected chi connectivity index (χ0v) is 11.1. The van der Waals surface area contributed by atoms with Crippen LogP contribution in [-0.2, 0) is 19.6 Å². The Morgan fingerprint density at radius 1 is 1.28 bits per heavy atom. The Morgan fingerprint density at radius 2 is 1.78 bits per heavy atom. The molecule has 0 aromatic heterocycles. The van der Waals surface area contributed by atoms with Crippen LogP contribution in [0.25, 0.3) is 0 Å². The summed E-state index contributed by atoms with van der Waals surface area (Å²) in [5.74, 6) is -2.69. The third-order valence-corrected chi connectivity index (χ3v) is 3.54. The van der Waals surface area contributed by atoms with Gasteiger partial charge in [-0.2, -0.15) is 17.9 Å². The summed E-state index contributed by atoms with van der Waals surface area (Å²) < 4.78 is 63.5. The molecule has 0 aromatic carbocycles. The van der Waals surface area contributed by atoms with Crippen LogP contribution in [0.15, 0.2) is 0 Å². The number of sulfonamides is 1. The Bertz CT molecular complexity index is 389. The number of carbonyl (C=O) groups is 1. The Morgan fingerprint density at radius 3 is 2.17 bits per heavy atom. The third kappa shape index (κ3) is 6.80. The van der Waals surface area contributed by atoms with Gasteiger partial charge in [-0.05, 0) is 20.3 Å². The monoisotopic (exact) mass is 291 g/mol. The van der Waals surface area contributed by atoms with Gasteiger partial charge in [0.15, 0.2) is 12.5 Å². The average molecular weight is 291 g/mol. The van der Waals surface area contributed by atoms with E-state index in [1.807, 2.05) is 0 Å². The highest BCUT2D eigenvalue weighted by Gasteiger charge is 2.35. The van der Waals surface area contributed by atoms with Crippen molar-refractivity contribution in [3.63, 3.8) is 0 Å². The lowest BCUT2D eigenvalue weighted by Crippen LogP contribution is -2.37. The standard InChI is InChI=1S/C9H16F3NO4S/c1-4-8(2,3)7(14)17-6-13-18(15,16)5-9(10,11)12/h13H,4-6H2,1-3H3. The lowest BCUT2D eigenvalue weighted by atomic mass is 9.91. The Kier molecular flexibility index (Phi) is 5.60. The van der Waals surface area contributed by atoms with Gasteiger partial charge in [0.2, 0.25) is 10.0 Å². The summed E-state index contributed by atoms with van der Waals surface area (Å²) in [6.07, 6.45) is -4.38. The second-order valence-electron chi connectivity index (χ2n) is 4.33. The number of halogens is 3. The molecule has 0 aliphatic heterocycles. The number of ether oxygens (including phenoxy) is 1. The van der Waals surface area contributed by atoms with E-state index in [2.05, 4.69) is 4.74 Å². The predicted molar refractivity (Wildman–Crippen MR) is 58.0 cm³/mol. The van der Waals surface area contributed by atoms with Crippen molar-refractivity contribution in [2.45, 2.75) is 33.4 Å². The van der Waals surface area contributed by atoms with Crippen LogP contribution in [0.2, 0.25) is 0 Å². The van der Waals surface area contributed by atoms with Gasteiger partial charge in [-0.25, -0.2) is 8.42 Å². The van der Waals surface area contributed by atoms with E-state index in [1.165, 1.54) is 0 Å². The van der Waals surface area contributed by atoms with Crippen molar-refractivity contribution >= 4 is 16.0 Å². The maximum atomic E-state index is 11.9. The van der Waals surface area contributed by atoms with E-state index in [0.29, 0.717) is 6.42 Å². The number of hydrogen-bond acceptors (Lipinski definition) is 4. The summed E-state index contributed by atoms with van der Waals surface area (Å²) in [5, 5.41) is 0. The van der Waals surface area contributed by atoms with E-state index in [0.717, 1.165) is 0 Å². The van der Waals surface area contributed by atoms with Crippen LogP contribution < -0.4 is 4.72 Å². The normalized spacial score (nSPS) is 13.4. The fourth-order valence-corrected chi connectivity index (χ4v) is 1.56. The van der Waals surface area contributed by atoms with Crippen molar-refractivity contribution < 1.29 is 31.1 Å². The molecule has 0 aliphatic rings. The van der Waals surface area contributed by atoms with Crippen molar-refractivity contribution in [2.75, 3.05) is 12.5 Å². The van der Waals surface area contributed by atoms with Crippen LogP contribution in [0.1, 0.15) is 27.2 Å². The highest BCUT2D eigenvalue weighted by molar-refractivity contribution is 7.89. The molecule has 0 aliphatic carbocycles. The first kappa shape index (κ1) is 17.2. The Labute approximate surface area is 104 Å². The lowest BCUT2D eigenvalue weighted by Gasteiger charge is -2.20. The average Bonchev–Trinajstić information content (AvgIpc) is 2.13. The second-order valence-corrected chi connectivity index (χ2v) is 6.14. The summed E-state index contributed by atoms with van der Waals surface area (Å²) in [6, 6.07) is 0. The maximum absolute atomic E-state index is 11.9. The first-order chi connectivity index (χ1) is 7.90. The van der Waals surface area contributed by atoms with Gasteiger partial charge < -0.3 is 4.74 Å². The minimum Gasteiger partial charge on any atom is -0.448 e. The van der Waals surface area contributed by atoms with Crippen molar-refractivity contribution in [1.29, 1.82) is 0 Å². The molecule has 0 amide bonds. The third-order valence-electron chi connectivity index (χ3n) is 2.27. The molecule has 9 heteroatoms. The molecular formula is C9H16F3NO4S. The number of carbonyl (C=O) groups excluding carboxylic acids is 1. The number of esters is 1. The summed E-state index contributed by atoms with van der Waals surface area (Å²) >= 11 is 0. The molecule has 0 radical (unpaired) electrons. The molecule has 1 N–H and O–H groups in total. The van der Waals surface area contributed by atoms with Crippen LogP contribution in [-0.4, -0.2) is 33.0 Å². The van der Waals surface area contributed by atoms with E-state index >= 15 is 0 Å². The van der Waals surface area contributed by atoms with Gasteiger partial charge in [-0.15, -0.1) is 0 Å². The second kappa shape index (κ2) is 5.87. The number of alkyl halides is 3. The zero-order chi connectivity index (χ0) is 14.6. The highest BCUT2D eigenvalue weighted by Crippen LogP contribution is 2.21. The molecule has 18 heavy (non-hydrogen) atoms. The number of nitrogens with one attached hydrogen (secondary N) is 1. The van der Waals surface area contributed by atoms with Crippen molar-refractivity contribution in [1.82, 2.24) is 4.72 Å². The van der Waals surface area contributed by atoms with E-state index in [1.54, 1.807) is 25.5 Å². The molecule has 0 saturated heterocycles. The van der Waals surface area contributed by atoms with Crippen LogP contribution >= 0.6 is 0 Å². The summed E-state index contributed by atoms with van der Waals surface area (Å²) in [4.78, 5) is 11.4. The number of hydrogen-bond donors (Lipinski definition) is 1. The van der Waals surface area contributed by atoms with Crippen molar-refractivity contribution in [2.24, 2.45) is 5.41 Å². The minimum atomic E-state index is -4.83. The molecule has 0 bridgehead atoms. The highest BCUT2D eigenvalue weighted by atomic mass is 32.2. The van der Waals surface area contributed by atoms with E-state index in [4.69, 9.17) is 0 Å². The molecule has 0 atom stereocenters. The van der Waals surface area contributed by atoms with Crippen molar-refractivity contribution in [3.8, 4) is 0 Å². The molecule has 0 heterocycles. The molecule has 0 unspecified atom stereocenters. The van der Waals surface area contributed by atoms with Crippen LogP contribution in [0.5, 0.6) is 0 Å². The topological polar surface area (TPSA) is 72.5 Å². The Hall–Kier alpha value is -0.830. The molecule has 0 rings (SSSR count). The largest absolute Gasteiger partial charge is 0.448 e. The van der Waals surface area contributed by atoms with Gasteiger partial charge in [0.25, 0.3) is 0 Å². The van der Waals surface area contributed by atoms with E-state index < -0.39 is 40.1 Å². The summed E-state index contributed by atoms with van der Waals surface area (Å²) in [5.41, 5.74) is -0.810. The van der Waals surface area contributed by atoms with Gasteiger partial charge in [0, 0.05) is 0 Å². The van der Waals surface area contributed by atoms with Crippen LogP contribution in [0.4, 0.5) is 13.2 Å². The van der Waals surface area contributed by atoms with Gasteiger partial charge >= 0.3 is 12.1 Å². The van der Waals surface area contributed by atoms with Gasteiger partial charge in [0.1, 0.15) is 0 Å². The van der Waals surface area contributed by atoms with E-state index in [9.17, 15) is 26.4 Å². The van der Waals surface area contributed by atoms with Crippen LogP contribution in [0.3, 0.4) is 0 Å². The number of rotatable bonds is 6. The lowest BCUT2D eigenvalue weighted by molar-refractivity contribution is -0.154. The fourth-order valence-electron chi connectivity index (χ4n) is 0.791. The molecule has 0 aromatic rings. The van der Waals surface area contributed by atoms with E-state index in [-0.39, 0.29) is 0 Å². The molecule has 0 fully saturated rings. The smallest absolute Gasteiger partial charge is 0.404 e. The minimum absolute atomic E-state index is 0.459. The zero-order valence-electron chi connectivity index (χ0n) is 10.3. The van der Waals surface area contributed by atoms with Gasteiger partial charge in [0.05, 0.1) is 5.41 Å². The van der Waals surface area contributed by atoms with Crippen LogP contribution in [0, 0.1) is 5.41 Å². The molecule has 5 nitrogen and oxygen atoms in total. The SMILES string of the molecule is CCC(C)(C)C(=O)OCNS(=O)(=O)CC(F)(F)F. The molecule has 108 valence electrons. The molecular weight excluding hydrogens is 275 g/mol. The first-order valence-corrected chi connectivity index (χ1v) is 6.76. The van der Waals surface area contributed by atoms with Gasteiger partial charge in [-0.1, -0.05) is 6.92 Å². The molecule has 0 spiro atoms. The Balaban J connectivity index is 4.25. The summed E-state index contributed by atoms with van der Waals surface area (Å²) in [6.45, 7) is 4.09. The predicted octanol–water partition coefficient (Wildman–Crippen LogP) is 1.41. The van der Waals surface area contributed by atoms with Crippen molar-refractivity contribution in [3.05, 3.63) is 0 Å². The quantitative estimate of drug-likeness (QED) is 0.593. The van der Waals surface area contributed by atoms with Gasteiger partial charge in [-0.3, -0.25) is 4.79 Å². The maximum Gasteiger partial charge on any atom is 0.404 e. The summed E-state index contributed by atoms with van der Waals surface area (Å²) in [7, 11) is -4.54. The fraction of sp³-hybridized carbons (Fsp3) is 0.889. The first-order valence-electron chi connectivity index (χ1n) is 5.11.